The van der Waals surface area contributed by atoms with Crippen molar-refractivity contribution in [3.63, 3.8) is 0 Å². The summed E-state index contributed by atoms with van der Waals surface area (Å²) >= 11 is 0. The molecule has 118 valence electrons. The van der Waals surface area contributed by atoms with Crippen molar-refractivity contribution >= 4 is 17.7 Å². The maximum absolute atomic E-state index is 12.6. The first-order valence-corrected chi connectivity index (χ1v) is 7.32. The number of hydrogen-bond acceptors (Lipinski definition) is 4. The molecule has 0 radical (unpaired) electrons. The van der Waals surface area contributed by atoms with Crippen LogP contribution in [-0.2, 0) is 14.4 Å². The Bertz CT molecular complexity index is 477. The van der Waals surface area contributed by atoms with Crippen molar-refractivity contribution in [2.45, 2.75) is 51.3 Å². The number of aliphatic hydroxyl groups excluding tert-OH is 1. The predicted molar refractivity (Wildman–Crippen MR) is 74.9 cm³/mol. The standard InChI is InChI=1S/C14H23N3O4/c1-8(2)12(20)17-6-4-5-14(17)7-16(13(14)21)10(9(3)18)11(15)19/h8-10,18H,4-7H2,1-3H3,(H2,15,19)/t9?,10?,14-/m0/s1. The lowest BCUT2D eigenvalue weighted by atomic mass is 9.83. The highest BCUT2D eigenvalue weighted by molar-refractivity contribution is 6.00. The third-order valence-corrected chi connectivity index (χ3v) is 4.42. The second-order valence-electron chi connectivity index (χ2n) is 6.30. The number of nitrogens with zero attached hydrogens (tertiary/aromatic N) is 2. The predicted octanol–water partition coefficient (Wildman–Crippen LogP) is -0.919. The van der Waals surface area contributed by atoms with Gasteiger partial charge in [-0.25, -0.2) is 0 Å². The number of amides is 3. The van der Waals surface area contributed by atoms with Crippen LogP contribution in [0.1, 0.15) is 33.6 Å². The molecule has 3 atom stereocenters. The van der Waals surface area contributed by atoms with Crippen LogP contribution in [0.2, 0.25) is 0 Å². The zero-order valence-electron chi connectivity index (χ0n) is 12.7. The minimum Gasteiger partial charge on any atom is -0.391 e. The molecule has 3 amide bonds. The zero-order valence-corrected chi connectivity index (χ0v) is 12.7. The Labute approximate surface area is 124 Å². The quantitative estimate of drug-likeness (QED) is 0.655. The summed E-state index contributed by atoms with van der Waals surface area (Å²) in [6.45, 7) is 5.86. The van der Waals surface area contributed by atoms with Gasteiger partial charge >= 0.3 is 0 Å². The number of aliphatic hydroxyl groups is 1. The van der Waals surface area contributed by atoms with Gasteiger partial charge in [0.2, 0.25) is 11.8 Å². The molecular formula is C14H23N3O4. The van der Waals surface area contributed by atoms with Crippen LogP contribution in [0.5, 0.6) is 0 Å². The Morgan fingerprint density at radius 2 is 1.95 bits per heavy atom. The van der Waals surface area contributed by atoms with Crippen molar-refractivity contribution in [3.05, 3.63) is 0 Å². The second kappa shape index (κ2) is 5.29. The molecule has 7 nitrogen and oxygen atoms in total. The van der Waals surface area contributed by atoms with Gasteiger partial charge in [0, 0.05) is 12.5 Å². The molecule has 0 bridgehead atoms. The molecule has 2 aliphatic heterocycles. The number of likely N-dealkylation sites (tertiary alicyclic amines) is 2. The van der Waals surface area contributed by atoms with Gasteiger partial charge < -0.3 is 20.6 Å². The van der Waals surface area contributed by atoms with Gasteiger partial charge in [0.25, 0.3) is 5.91 Å². The fourth-order valence-electron chi connectivity index (χ4n) is 3.37. The number of β-lactam (4-membered cyclic amide) rings is 1. The molecule has 0 aromatic rings. The summed E-state index contributed by atoms with van der Waals surface area (Å²) < 4.78 is 0. The van der Waals surface area contributed by atoms with Gasteiger partial charge in [0.15, 0.2) is 0 Å². The summed E-state index contributed by atoms with van der Waals surface area (Å²) in [5.41, 5.74) is 4.44. The molecule has 0 saturated carbocycles. The number of carbonyl (C=O) groups is 3. The van der Waals surface area contributed by atoms with Crippen molar-refractivity contribution < 1.29 is 19.5 Å². The van der Waals surface area contributed by atoms with Crippen molar-refractivity contribution in [1.82, 2.24) is 9.80 Å². The molecule has 1 spiro atoms. The van der Waals surface area contributed by atoms with E-state index in [0.29, 0.717) is 13.0 Å². The molecule has 21 heavy (non-hydrogen) atoms. The van der Waals surface area contributed by atoms with Crippen molar-refractivity contribution in [2.75, 3.05) is 13.1 Å². The van der Waals surface area contributed by atoms with E-state index < -0.39 is 23.6 Å². The molecule has 3 N–H and O–H groups in total. The molecular weight excluding hydrogens is 274 g/mol. The first-order valence-electron chi connectivity index (χ1n) is 7.32. The molecule has 2 saturated heterocycles. The van der Waals surface area contributed by atoms with Crippen molar-refractivity contribution in [2.24, 2.45) is 11.7 Å². The van der Waals surface area contributed by atoms with E-state index >= 15 is 0 Å². The number of primary amides is 1. The van der Waals surface area contributed by atoms with Crippen molar-refractivity contribution in [1.29, 1.82) is 0 Å². The topological polar surface area (TPSA) is 104 Å². The van der Waals surface area contributed by atoms with Crippen molar-refractivity contribution in [3.8, 4) is 0 Å². The van der Waals surface area contributed by atoms with E-state index in [4.69, 9.17) is 5.73 Å². The summed E-state index contributed by atoms with van der Waals surface area (Å²) in [7, 11) is 0. The number of nitrogens with two attached hydrogens (primary N) is 1. The summed E-state index contributed by atoms with van der Waals surface area (Å²) in [4.78, 5) is 39.2. The Morgan fingerprint density at radius 3 is 2.38 bits per heavy atom. The van der Waals surface area contributed by atoms with Crippen LogP contribution in [0.25, 0.3) is 0 Å². The average Bonchev–Trinajstić information content (AvgIpc) is 2.82. The van der Waals surface area contributed by atoms with Crippen LogP contribution in [0, 0.1) is 5.92 Å². The Hall–Kier alpha value is -1.63. The van der Waals surface area contributed by atoms with E-state index in [1.807, 2.05) is 0 Å². The second-order valence-corrected chi connectivity index (χ2v) is 6.30. The smallest absolute Gasteiger partial charge is 0.251 e. The van der Waals surface area contributed by atoms with Crippen LogP contribution < -0.4 is 5.73 Å². The van der Waals surface area contributed by atoms with Gasteiger partial charge in [0.1, 0.15) is 11.6 Å². The van der Waals surface area contributed by atoms with Crippen LogP contribution >= 0.6 is 0 Å². The molecule has 2 heterocycles. The summed E-state index contributed by atoms with van der Waals surface area (Å²) in [5, 5.41) is 9.66. The molecule has 2 rings (SSSR count). The van der Waals surface area contributed by atoms with Gasteiger partial charge in [-0.3, -0.25) is 14.4 Å². The van der Waals surface area contributed by atoms with Crippen LogP contribution in [0.4, 0.5) is 0 Å². The highest BCUT2D eigenvalue weighted by Gasteiger charge is 2.62. The fraction of sp³-hybridized carbons (Fsp3) is 0.786. The van der Waals surface area contributed by atoms with Crippen LogP contribution in [0.15, 0.2) is 0 Å². The van der Waals surface area contributed by atoms with E-state index in [1.165, 1.54) is 11.8 Å². The van der Waals surface area contributed by atoms with E-state index in [-0.39, 0.29) is 24.3 Å². The van der Waals surface area contributed by atoms with Gasteiger partial charge in [-0.1, -0.05) is 13.8 Å². The van der Waals surface area contributed by atoms with E-state index in [0.717, 1.165) is 6.42 Å². The highest BCUT2D eigenvalue weighted by atomic mass is 16.3. The van der Waals surface area contributed by atoms with Gasteiger partial charge in [-0.2, -0.15) is 0 Å². The molecule has 2 unspecified atom stereocenters. The lowest BCUT2D eigenvalue weighted by Crippen LogP contribution is -2.77. The van der Waals surface area contributed by atoms with Gasteiger partial charge in [-0.15, -0.1) is 0 Å². The molecule has 2 fully saturated rings. The first-order chi connectivity index (χ1) is 9.72. The minimum atomic E-state index is -1.03. The molecule has 2 aliphatic rings. The maximum Gasteiger partial charge on any atom is 0.251 e. The lowest BCUT2D eigenvalue weighted by molar-refractivity contribution is -0.176. The van der Waals surface area contributed by atoms with Crippen LogP contribution in [0.3, 0.4) is 0 Å². The Balaban J connectivity index is 2.20. The van der Waals surface area contributed by atoms with Gasteiger partial charge in [0.05, 0.1) is 12.6 Å². The number of hydrogen-bond donors (Lipinski definition) is 2. The fourth-order valence-corrected chi connectivity index (χ4v) is 3.37. The molecule has 7 heteroatoms. The third-order valence-electron chi connectivity index (χ3n) is 4.42. The first kappa shape index (κ1) is 15.8. The number of rotatable bonds is 4. The largest absolute Gasteiger partial charge is 0.391 e. The Morgan fingerprint density at radius 1 is 1.33 bits per heavy atom. The summed E-state index contributed by atoms with van der Waals surface area (Å²) in [6.07, 6.45) is 0.347. The normalized spacial score (nSPS) is 28.0. The Kier molecular flexibility index (Phi) is 3.97. The van der Waals surface area contributed by atoms with E-state index in [2.05, 4.69) is 0 Å². The van der Waals surface area contributed by atoms with Crippen LogP contribution in [-0.4, -0.2) is 63.4 Å². The monoisotopic (exact) mass is 297 g/mol. The highest BCUT2D eigenvalue weighted by Crippen LogP contribution is 2.41. The molecule has 0 aromatic heterocycles. The number of carbonyl (C=O) groups excluding carboxylic acids is 3. The van der Waals surface area contributed by atoms with Gasteiger partial charge in [-0.05, 0) is 19.8 Å². The third kappa shape index (κ3) is 2.29. The molecule has 0 aromatic carbocycles. The zero-order chi connectivity index (χ0) is 15.9. The average molecular weight is 297 g/mol. The molecule has 0 aliphatic carbocycles. The maximum atomic E-state index is 12.6. The lowest BCUT2D eigenvalue weighted by Gasteiger charge is -2.53. The summed E-state index contributed by atoms with van der Waals surface area (Å²) in [5.74, 6) is -1.23. The van der Waals surface area contributed by atoms with E-state index in [1.54, 1.807) is 18.7 Å². The SMILES string of the molecule is CC(C)C(=O)N1CCC[C@@]12CN(C(C(N)=O)C(C)O)C2=O. The minimum absolute atomic E-state index is 0.0480. The van der Waals surface area contributed by atoms with E-state index in [9.17, 15) is 19.5 Å². The summed E-state index contributed by atoms with van der Waals surface area (Å²) in [6, 6.07) is -1.03.